The number of aromatic amines is 1. The van der Waals surface area contributed by atoms with Gasteiger partial charge < -0.3 is 15.2 Å². The number of carbonyl (C=O) groups excluding carboxylic acids is 1. The van der Waals surface area contributed by atoms with Crippen molar-refractivity contribution < 1.29 is 4.79 Å². The standard InChI is InChI=1S/C16H21N5O/c22-14-7-11(9-21(14)12-3-1-2-4-12)8-18-16-15-13(5-6-17-15)19-10-20-16/h5-6,10-12,17H,1-4,7-9H2,(H,18,19,20). The first kappa shape index (κ1) is 13.5. The van der Waals surface area contributed by atoms with Crippen LogP contribution in [0.1, 0.15) is 32.1 Å². The third-order valence-electron chi connectivity index (χ3n) is 4.91. The minimum Gasteiger partial charge on any atom is -0.368 e. The Kier molecular flexibility index (Phi) is 3.44. The molecule has 2 aliphatic rings. The Bertz CT molecular complexity index is 676. The summed E-state index contributed by atoms with van der Waals surface area (Å²) in [6.45, 7) is 1.66. The number of hydrogen-bond acceptors (Lipinski definition) is 4. The van der Waals surface area contributed by atoms with Gasteiger partial charge >= 0.3 is 0 Å². The van der Waals surface area contributed by atoms with Gasteiger partial charge in [0.15, 0.2) is 5.82 Å². The fourth-order valence-corrected chi connectivity index (χ4v) is 3.76. The van der Waals surface area contributed by atoms with Gasteiger partial charge in [-0.25, -0.2) is 9.97 Å². The number of nitrogens with one attached hydrogen (secondary N) is 2. The highest BCUT2D eigenvalue weighted by Crippen LogP contribution is 2.29. The Morgan fingerprint density at radius 3 is 3.05 bits per heavy atom. The van der Waals surface area contributed by atoms with Crippen LogP contribution in [0.3, 0.4) is 0 Å². The summed E-state index contributed by atoms with van der Waals surface area (Å²) in [6, 6.07) is 2.43. The zero-order valence-electron chi connectivity index (χ0n) is 12.6. The number of rotatable bonds is 4. The molecule has 0 radical (unpaired) electrons. The molecule has 3 heterocycles. The highest BCUT2D eigenvalue weighted by Gasteiger charge is 2.35. The van der Waals surface area contributed by atoms with Crippen LogP contribution in [-0.4, -0.2) is 44.9 Å². The number of likely N-dealkylation sites (tertiary alicyclic amines) is 1. The Morgan fingerprint density at radius 2 is 2.18 bits per heavy atom. The average molecular weight is 299 g/mol. The number of hydrogen-bond donors (Lipinski definition) is 2. The fraction of sp³-hybridized carbons (Fsp3) is 0.562. The van der Waals surface area contributed by atoms with E-state index in [0.29, 0.717) is 24.3 Å². The monoisotopic (exact) mass is 299 g/mol. The molecule has 0 bridgehead atoms. The number of carbonyl (C=O) groups is 1. The Labute approximate surface area is 129 Å². The lowest BCUT2D eigenvalue weighted by Crippen LogP contribution is -2.34. The third-order valence-corrected chi connectivity index (χ3v) is 4.91. The van der Waals surface area contributed by atoms with Gasteiger partial charge in [-0.3, -0.25) is 4.79 Å². The van der Waals surface area contributed by atoms with E-state index < -0.39 is 0 Å². The second-order valence-corrected chi connectivity index (χ2v) is 6.40. The molecule has 6 heteroatoms. The van der Waals surface area contributed by atoms with Crippen molar-refractivity contribution in [1.29, 1.82) is 0 Å². The maximum Gasteiger partial charge on any atom is 0.223 e. The van der Waals surface area contributed by atoms with Crippen molar-refractivity contribution in [2.45, 2.75) is 38.1 Å². The Hall–Kier alpha value is -2.11. The summed E-state index contributed by atoms with van der Waals surface area (Å²) in [5.41, 5.74) is 1.84. The van der Waals surface area contributed by atoms with Crippen LogP contribution in [0, 0.1) is 5.92 Å². The van der Waals surface area contributed by atoms with Crippen molar-refractivity contribution in [3.05, 3.63) is 18.6 Å². The largest absolute Gasteiger partial charge is 0.368 e. The molecular weight excluding hydrogens is 278 g/mol. The molecule has 2 N–H and O–H groups in total. The predicted molar refractivity (Wildman–Crippen MR) is 84.5 cm³/mol. The fourth-order valence-electron chi connectivity index (χ4n) is 3.76. The van der Waals surface area contributed by atoms with E-state index in [-0.39, 0.29) is 0 Å². The van der Waals surface area contributed by atoms with Crippen LogP contribution in [0.2, 0.25) is 0 Å². The maximum absolute atomic E-state index is 12.2. The first-order valence-electron chi connectivity index (χ1n) is 8.12. The smallest absolute Gasteiger partial charge is 0.223 e. The summed E-state index contributed by atoms with van der Waals surface area (Å²) in [5.74, 6) is 1.52. The van der Waals surface area contributed by atoms with Gasteiger partial charge in [0.2, 0.25) is 5.91 Å². The van der Waals surface area contributed by atoms with Crippen molar-refractivity contribution in [3.8, 4) is 0 Å². The van der Waals surface area contributed by atoms with E-state index in [1.807, 2.05) is 12.3 Å². The zero-order valence-corrected chi connectivity index (χ0v) is 12.6. The van der Waals surface area contributed by atoms with E-state index in [9.17, 15) is 4.79 Å². The molecule has 0 spiro atoms. The molecule has 0 aromatic carbocycles. The van der Waals surface area contributed by atoms with Crippen molar-refractivity contribution in [1.82, 2.24) is 19.9 Å². The van der Waals surface area contributed by atoms with Crippen LogP contribution in [0.15, 0.2) is 18.6 Å². The average Bonchev–Trinajstić information content (AvgIpc) is 3.25. The second kappa shape index (κ2) is 5.59. The molecule has 4 rings (SSSR count). The molecule has 2 aromatic rings. The van der Waals surface area contributed by atoms with E-state index in [4.69, 9.17) is 0 Å². The van der Waals surface area contributed by atoms with Gasteiger partial charge in [-0.05, 0) is 18.9 Å². The minimum absolute atomic E-state index is 0.325. The molecule has 1 amide bonds. The Morgan fingerprint density at radius 1 is 1.32 bits per heavy atom. The molecular formula is C16H21N5O. The SMILES string of the molecule is O=C1CC(CNc2ncnc3cc[nH]c23)CN1C1CCCC1. The lowest BCUT2D eigenvalue weighted by molar-refractivity contribution is -0.129. The van der Waals surface area contributed by atoms with E-state index in [1.165, 1.54) is 25.7 Å². The van der Waals surface area contributed by atoms with E-state index >= 15 is 0 Å². The van der Waals surface area contributed by atoms with Crippen molar-refractivity contribution in [3.63, 3.8) is 0 Å². The summed E-state index contributed by atoms with van der Waals surface area (Å²) in [5, 5.41) is 3.39. The number of amides is 1. The van der Waals surface area contributed by atoms with Gasteiger partial charge in [-0.1, -0.05) is 12.8 Å². The predicted octanol–water partition coefficient (Wildman–Crippen LogP) is 2.16. The molecule has 1 unspecified atom stereocenters. The van der Waals surface area contributed by atoms with Crippen LogP contribution < -0.4 is 5.32 Å². The van der Waals surface area contributed by atoms with E-state index in [2.05, 4.69) is 25.2 Å². The number of nitrogens with zero attached hydrogens (tertiary/aromatic N) is 3. The molecule has 1 atom stereocenters. The number of fused-ring (bicyclic) bond motifs is 1. The van der Waals surface area contributed by atoms with Crippen LogP contribution in [-0.2, 0) is 4.79 Å². The molecule has 2 fully saturated rings. The quantitative estimate of drug-likeness (QED) is 0.907. The third kappa shape index (κ3) is 2.42. The normalized spacial score (nSPS) is 22.8. The maximum atomic E-state index is 12.2. The number of anilines is 1. The highest BCUT2D eigenvalue weighted by atomic mass is 16.2. The van der Waals surface area contributed by atoms with Crippen LogP contribution in [0.25, 0.3) is 11.0 Å². The first-order chi connectivity index (χ1) is 10.8. The molecule has 22 heavy (non-hydrogen) atoms. The van der Waals surface area contributed by atoms with Gasteiger partial charge in [-0.15, -0.1) is 0 Å². The number of aromatic nitrogens is 3. The lowest BCUT2D eigenvalue weighted by Gasteiger charge is -2.24. The molecule has 1 saturated heterocycles. The summed E-state index contributed by atoms with van der Waals surface area (Å²) >= 11 is 0. The van der Waals surface area contributed by atoms with Crippen LogP contribution >= 0.6 is 0 Å². The van der Waals surface area contributed by atoms with Crippen LogP contribution in [0.4, 0.5) is 5.82 Å². The molecule has 2 aromatic heterocycles. The lowest BCUT2D eigenvalue weighted by atomic mass is 10.1. The van der Waals surface area contributed by atoms with Gasteiger partial charge in [0.05, 0.1) is 5.52 Å². The van der Waals surface area contributed by atoms with Crippen molar-refractivity contribution in [2.24, 2.45) is 5.92 Å². The Balaban J connectivity index is 1.40. The van der Waals surface area contributed by atoms with E-state index in [1.54, 1.807) is 6.33 Å². The minimum atomic E-state index is 0.325. The first-order valence-corrected chi connectivity index (χ1v) is 8.12. The molecule has 1 saturated carbocycles. The number of H-pyrrole nitrogens is 1. The summed E-state index contributed by atoms with van der Waals surface area (Å²) < 4.78 is 0. The van der Waals surface area contributed by atoms with Gasteiger partial charge in [0.25, 0.3) is 0 Å². The highest BCUT2D eigenvalue weighted by molar-refractivity contribution is 5.85. The summed E-state index contributed by atoms with van der Waals surface area (Å²) in [4.78, 5) is 26.0. The topological polar surface area (TPSA) is 73.9 Å². The molecule has 1 aliphatic heterocycles. The molecule has 1 aliphatic carbocycles. The second-order valence-electron chi connectivity index (χ2n) is 6.40. The van der Waals surface area contributed by atoms with Gasteiger partial charge in [0, 0.05) is 37.7 Å². The van der Waals surface area contributed by atoms with Gasteiger partial charge in [0.1, 0.15) is 11.8 Å². The van der Waals surface area contributed by atoms with Crippen LogP contribution in [0.5, 0.6) is 0 Å². The van der Waals surface area contributed by atoms with Gasteiger partial charge in [-0.2, -0.15) is 0 Å². The van der Waals surface area contributed by atoms with E-state index in [0.717, 1.165) is 29.9 Å². The molecule has 116 valence electrons. The summed E-state index contributed by atoms with van der Waals surface area (Å²) in [6.07, 6.45) is 8.99. The zero-order chi connectivity index (χ0) is 14.9. The van der Waals surface area contributed by atoms with Crippen molar-refractivity contribution >= 4 is 22.8 Å². The molecule has 6 nitrogen and oxygen atoms in total. The van der Waals surface area contributed by atoms with Crippen molar-refractivity contribution in [2.75, 3.05) is 18.4 Å². The summed E-state index contributed by atoms with van der Waals surface area (Å²) in [7, 11) is 0.